The Morgan fingerprint density at radius 2 is 2.26 bits per heavy atom. The summed E-state index contributed by atoms with van der Waals surface area (Å²) in [7, 11) is 0. The Kier molecular flexibility index (Phi) is 3.24. The molecule has 6 heteroatoms. The summed E-state index contributed by atoms with van der Waals surface area (Å²) in [5.41, 5.74) is 1.12. The molecule has 0 aliphatic carbocycles. The fourth-order valence-corrected chi connectivity index (χ4v) is 3.03. The van der Waals surface area contributed by atoms with Crippen LogP contribution in [-0.4, -0.2) is 14.5 Å². The molecule has 0 N–H and O–H groups in total. The average molecular weight is 296 g/mol. The summed E-state index contributed by atoms with van der Waals surface area (Å²) in [4.78, 5) is 9.75. The van der Waals surface area contributed by atoms with Gasteiger partial charge in [-0.3, -0.25) is 0 Å². The molecule has 1 aromatic carbocycles. The first-order valence-corrected chi connectivity index (χ1v) is 7.15. The summed E-state index contributed by atoms with van der Waals surface area (Å²) in [5.74, 6) is 0.589. The number of alkyl halides is 1. The van der Waals surface area contributed by atoms with Gasteiger partial charge in [-0.2, -0.15) is 0 Å². The summed E-state index contributed by atoms with van der Waals surface area (Å²) < 4.78 is 15.6. The number of aromatic nitrogens is 3. The molecule has 3 rings (SSSR count). The van der Waals surface area contributed by atoms with E-state index in [4.69, 9.17) is 11.6 Å². The molecule has 98 valence electrons. The van der Waals surface area contributed by atoms with Crippen LogP contribution in [0, 0.1) is 12.7 Å². The zero-order chi connectivity index (χ0) is 13.4. The minimum Gasteiger partial charge on any atom is -0.320 e. The van der Waals surface area contributed by atoms with Crippen molar-refractivity contribution >= 4 is 34.0 Å². The second-order valence-electron chi connectivity index (χ2n) is 4.22. The predicted octanol–water partition coefficient (Wildman–Crippen LogP) is 3.73. The van der Waals surface area contributed by atoms with Crippen LogP contribution >= 0.6 is 22.9 Å². The second-order valence-corrected chi connectivity index (χ2v) is 5.81. The van der Waals surface area contributed by atoms with Crippen molar-refractivity contribution in [3.05, 3.63) is 45.9 Å². The number of rotatable bonds is 3. The molecule has 3 aromatic rings. The number of aryl methyl sites for hydroxylation is 1. The molecular weight excluding hydrogens is 285 g/mol. The summed E-state index contributed by atoms with van der Waals surface area (Å²) in [6.07, 6.45) is 1.83. The van der Waals surface area contributed by atoms with Crippen LogP contribution in [0.2, 0.25) is 0 Å². The highest BCUT2D eigenvalue weighted by molar-refractivity contribution is 7.11. The highest BCUT2D eigenvalue weighted by Gasteiger charge is 2.14. The van der Waals surface area contributed by atoms with E-state index in [-0.39, 0.29) is 11.7 Å². The van der Waals surface area contributed by atoms with Crippen molar-refractivity contribution < 1.29 is 4.39 Å². The van der Waals surface area contributed by atoms with Crippen molar-refractivity contribution in [3.8, 4) is 0 Å². The van der Waals surface area contributed by atoms with E-state index in [1.54, 1.807) is 17.4 Å². The minimum absolute atomic E-state index is 0.248. The summed E-state index contributed by atoms with van der Waals surface area (Å²) >= 11 is 7.53. The van der Waals surface area contributed by atoms with Crippen LogP contribution in [0.5, 0.6) is 0 Å². The standard InChI is InChI=1S/C13H11ClFN3S/c1-8-6-16-12(19-8)7-18-10-4-2-3-9(15)13(10)17-11(18)5-14/h2-4,6H,5,7H2,1H3. The van der Waals surface area contributed by atoms with Crippen molar-refractivity contribution in [2.24, 2.45) is 0 Å². The maximum atomic E-state index is 13.7. The normalized spacial score (nSPS) is 11.3. The third-order valence-corrected chi connectivity index (χ3v) is 4.03. The molecule has 19 heavy (non-hydrogen) atoms. The van der Waals surface area contributed by atoms with E-state index in [0.29, 0.717) is 17.9 Å². The highest BCUT2D eigenvalue weighted by Crippen LogP contribution is 2.22. The number of thiazole rings is 1. The molecule has 2 heterocycles. The van der Waals surface area contributed by atoms with Gasteiger partial charge in [0.1, 0.15) is 16.3 Å². The Morgan fingerprint density at radius 3 is 2.95 bits per heavy atom. The van der Waals surface area contributed by atoms with Crippen LogP contribution in [0.4, 0.5) is 4.39 Å². The number of imidazole rings is 1. The van der Waals surface area contributed by atoms with Gasteiger partial charge in [0, 0.05) is 11.1 Å². The lowest BCUT2D eigenvalue weighted by Crippen LogP contribution is -2.03. The van der Waals surface area contributed by atoms with Crippen molar-refractivity contribution in [3.63, 3.8) is 0 Å². The molecule has 0 bridgehead atoms. The van der Waals surface area contributed by atoms with Crippen LogP contribution in [-0.2, 0) is 12.4 Å². The summed E-state index contributed by atoms with van der Waals surface area (Å²) in [5, 5.41) is 0.965. The molecule has 0 amide bonds. The quantitative estimate of drug-likeness (QED) is 0.689. The lowest BCUT2D eigenvalue weighted by atomic mass is 10.3. The van der Waals surface area contributed by atoms with Crippen LogP contribution in [0.15, 0.2) is 24.4 Å². The van der Waals surface area contributed by atoms with Gasteiger partial charge in [-0.25, -0.2) is 14.4 Å². The molecular formula is C13H11ClFN3S. The number of fused-ring (bicyclic) bond motifs is 1. The van der Waals surface area contributed by atoms with E-state index in [9.17, 15) is 4.39 Å². The van der Waals surface area contributed by atoms with Gasteiger partial charge in [-0.1, -0.05) is 6.07 Å². The van der Waals surface area contributed by atoms with E-state index >= 15 is 0 Å². The Bertz CT molecular complexity index is 735. The molecule has 0 aliphatic heterocycles. The fourth-order valence-electron chi connectivity index (χ4n) is 2.05. The largest absolute Gasteiger partial charge is 0.320 e. The summed E-state index contributed by atoms with van der Waals surface area (Å²) in [6, 6.07) is 4.94. The van der Waals surface area contributed by atoms with Crippen molar-refractivity contribution in [1.29, 1.82) is 0 Å². The van der Waals surface area contributed by atoms with Gasteiger partial charge in [0.15, 0.2) is 5.82 Å². The number of benzene rings is 1. The van der Waals surface area contributed by atoms with Crippen LogP contribution in [0.1, 0.15) is 15.7 Å². The molecule has 0 radical (unpaired) electrons. The molecule has 0 fully saturated rings. The molecule has 0 aliphatic rings. The van der Waals surface area contributed by atoms with E-state index in [0.717, 1.165) is 15.4 Å². The molecule has 3 nitrogen and oxygen atoms in total. The Balaban J connectivity index is 2.13. The van der Waals surface area contributed by atoms with Crippen molar-refractivity contribution in [2.75, 3.05) is 0 Å². The molecule has 0 spiro atoms. The number of para-hydroxylation sites is 1. The zero-order valence-corrected chi connectivity index (χ0v) is 11.8. The topological polar surface area (TPSA) is 30.7 Å². The Hall–Kier alpha value is -1.46. The predicted molar refractivity (Wildman–Crippen MR) is 75.2 cm³/mol. The molecule has 0 saturated carbocycles. The fraction of sp³-hybridized carbons (Fsp3) is 0.231. The molecule has 0 saturated heterocycles. The number of halogens is 2. The molecule has 0 atom stereocenters. The first kappa shape index (κ1) is 12.6. The second kappa shape index (κ2) is 4.90. The van der Waals surface area contributed by atoms with Crippen molar-refractivity contribution in [2.45, 2.75) is 19.3 Å². The Labute approximate surface area is 118 Å². The number of hydrogen-bond acceptors (Lipinski definition) is 3. The maximum Gasteiger partial charge on any atom is 0.151 e. The SMILES string of the molecule is Cc1cnc(Cn2c(CCl)nc3c(F)cccc32)s1. The minimum atomic E-state index is -0.321. The highest BCUT2D eigenvalue weighted by atomic mass is 35.5. The van der Waals surface area contributed by atoms with Crippen LogP contribution < -0.4 is 0 Å². The maximum absolute atomic E-state index is 13.7. The lowest BCUT2D eigenvalue weighted by Gasteiger charge is -2.04. The number of hydrogen-bond donors (Lipinski definition) is 0. The van der Waals surface area contributed by atoms with E-state index < -0.39 is 0 Å². The van der Waals surface area contributed by atoms with Crippen LogP contribution in [0.25, 0.3) is 11.0 Å². The third-order valence-electron chi connectivity index (χ3n) is 2.89. The van der Waals surface area contributed by atoms with E-state index in [1.165, 1.54) is 6.07 Å². The Morgan fingerprint density at radius 1 is 1.42 bits per heavy atom. The first-order chi connectivity index (χ1) is 9.19. The van der Waals surface area contributed by atoms with Gasteiger partial charge in [-0.15, -0.1) is 22.9 Å². The van der Waals surface area contributed by atoms with Gasteiger partial charge in [0.25, 0.3) is 0 Å². The van der Waals surface area contributed by atoms with E-state index in [1.807, 2.05) is 23.8 Å². The van der Waals surface area contributed by atoms with Gasteiger partial charge in [-0.05, 0) is 19.1 Å². The summed E-state index contributed by atoms with van der Waals surface area (Å²) in [6.45, 7) is 2.58. The average Bonchev–Trinajstić information content (AvgIpc) is 2.96. The van der Waals surface area contributed by atoms with Gasteiger partial charge in [0.2, 0.25) is 0 Å². The third kappa shape index (κ3) is 2.24. The zero-order valence-electron chi connectivity index (χ0n) is 10.2. The van der Waals surface area contributed by atoms with E-state index in [2.05, 4.69) is 9.97 Å². The van der Waals surface area contributed by atoms with Crippen LogP contribution in [0.3, 0.4) is 0 Å². The molecule has 2 aromatic heterocycles. The smallest absolute Gasteiger partial charge is 0.151 e. The monoisotopic (exact) mass is 295 g/mol. The van der Waals surface area contributed by atoms with Gasteiger partial charge in [0.05, 0.1) is 17.9 Å². The first-order valence-electron chi connectivity index (χ1n) is 5.80. The molecule has 0 unspecified atom stereocenters. The van der Waals surface area contributed by atoms with Gasteiger partial charge >= 0.3 is 0 Å². The van der Waals surface area contributed by atoms with Crippen molar-refractivity contribution in [1.82, 2.24) is 14.5 Å². The lowest BCUT2D eigenvalue weighted by molar-refractivity contribution is 0.637. The van der Waals surface area contributed by atoms with Gasteiger partial charge < -0.3 is 4.57 Å². The number of nitrogens with zero attached hydrogens (tertiary/aromatic N) is 3.